The summed E-state index contributed by atoms with van der Waals surface area (Å²) in [5.41, 5.74) is 0. The summed E-state index contributed by atoms with van der Waals surface area (Å²) in [7, 11) is 5.60. The van der Waals surface area contributed by atoms with Crippen LogP contribution in [0.2, 0.25) is 0 Å². The first-order chi connectivity index (χ1) is 7.54. The molecule has 0 bridgehead atoms. The third-order valence-corrected chi connectivity index (χ3v) is 3.59. The van der Waals surface area contributed by atoms with Crippen LogP contribution in [0.5, 0.6) is 0 Å². The number of alkyl halides is 1. The minimum absolute atomic E-state index is 0.185. The Kier molecular flexibility index (Phi) is 5.72. The predicted molar refractivity (Wildman–Crippen MR) is 67.9 cm³/mol. The molecule has 1 heterocycles. The van der Waals surface area contributed by atoms with Crippen molar-refractivity contribution in [3.05, 3.63) is 0 Å². The molecule has 0 spiro atoms. The summed E-state index contributed by atoms with van der Waals surface area (Å²) < 4.78 is 4.72. The van der Waals surface area contributed by atoms with Gasteiger partial charge in [0.25, 0.3) is 0 Å². The van der Waals surface area contributed by atoms with Gasteiger partial charge in [0, 0.05) is 19.1 Å². The topological polar surface area (TPSA) is 32.8 Å². The number of methoxy groups -OCH3 is 1. The van der Waals surface area contributed by atoms with E-state index in [-0.39, 0.29) is 10.8 Å². The number of halogens is 1. The fraction of sp³-hybridized carbons (Fsp3) is 0.909. The Morgan fingerprint density at radius 3 is 2.88 bits per heavy atom. The van der Waals surface area contributed by atoms with Gasteiger partial charge in [0.1, 0.15) is 4.83 Å². The van der Waals surface area contributed by atoms with Crippen LogP contribution in [0.4, 0.5) is 0 Å². The first kappa shape index (κ1) is 13.9. The van der Waals surface area contributed by atoms with Crippen molar-refractivity contribution < 1.29 is 9.53 Å². The lowest BCUT2D eigenvalue weighted by atomic mass is 10.2. The van der Waals surface area contributed by atoms with Crippen molar-refractivity contribution in [1.29, 1.82) is 0 Å². The molecule has 0 aromatic carbocycles. The zero-order valence-corrected chi connectivity index (χ0v) is 11.9. The SMILES string of the molecule is COC(=O)C(Br)CN1CCCC1CN(C)C. The third-order valence-electron chi connectivity index (χ3n) is 2.93. The van der Waals surface area contributed by atoms with Gasteiger partial charge >= 0.3 is 5.97 Å². The summed E-state index contributed by atoms with van der Waals surface area (Å²) in [6.07, 6.45) is 2.44. The number of carbonyl (C=O) groups excluding carboxylic acids is 1. The van der Waals surface area contributed by atoms with Crippen LogP contribution in [-0.4, -0.2) is 67.5 Å². The highest BCUT2D eigenvalue weighted by Gasteiger charge is 2.28. The number of ether oxygens (including phenoxy) is 1. The van der Waals surface area contributed by atoms with Crippen LogP contribution < -0.4 is 0 Å². The zero-order valence-electron chi connectivity index (χ0n) is 10.3. The summed E-state index contributed by atoms with van der Waals surface area (Å²) in [4.78, 5) is 15.7. The molecule has 0 radical (unpaired) electrons. The fourth-order valence-electron chi connectivity index (χ4n) is 2.17. The van der Waals surface area contributed by atoms with E-state index in [1.165, 1.54) is 20.0 Å². The van der Waals surface area contributed by atoms with E-state index in [0.29, 0.717) is 6.04 Å². The van der Waals surface area contributed by atoms with Crippen LogP contribution >= 0.6 is 15.9 Å². The maximum atomic E-state index is 11.3. The number of carbonyl (C=O) groups is 1. The van der Waals surface area contributed by atoms with Gasteiger partial charge in [-0.25, -0.2) is 0 Å². The monoisotopic (exact) mass is 292 g/mol. The van der Waals surface area contributed by atoms with Gasteiger partial charge in [-0.05, 0) is 33.5 Å². The second-order valence-corrected chi connectivity index (χ2v) is 5.65. The summed E-state index contributed by atoms with van der Waals surface area (Å²) >= 11 is 3.38. The molecule has 1 fully saturated rings. The van der Waals surface area contributed by atoms with Crippen LogP contribution in [0, 0.1) is 0 Å². The quantitative estimate of drug-likeness (QED) is 0.558. The summed E-state index contributed by atoms with van der Waals surface area (Å²) in [6, 6.07) is 0.569. The van der Waals surface area contributed by atoms with Crippen molar-refractivity contribution in [2.45, 2.75) is 23.7 Å². The van der Waals surface area contributed by atoms with Crippen molar-refractivity contribution >= 4 is 21.9 Å². The van der Waals surface area contributed by atoms with Crippen molar-refractivity contribution in [1.82, 2.24) is 9.80 Å². The average molecular weight is 293 g/mol. The fourth-order valence-corrected chi connectivity index (χ4v) is 2.73. The second kappa shape index (κ2) is 6.57. The van der Waals surface area contributed by atoms with Crippen molar-refractivity contribution in [2.24, 2.45) is 0 Å². The molecule has 2 unspecified atom stereocenters. The molecule has 0 saturated carbocycles. The van der Waals surface area contributed by atoms with Crippen molar-refractivity contribution in [2.75, 3.05) is 40.8 Å². The molecule has 16 heavy (non-hydrogen) atoms. The first-order valence-electron chi connectivity index (χ1n) is 5.65. The highest BCUT2D eigenvalue weighted by atomic mass is 79.9. The molecule has 0 aliphatic carbocycles. The van der Waals surface area contributed by atoms with Gasteiger partial charge < -0.3 is 9.64 Å². The lowest BCUT2D eigenvalue weighted by Crippen LogP contribution is -2.42. The number of hydrogen-bond donors (Lipinski definition) is 0. The van der Waals surface area contributed by atoms with E-state index in [4.69, 9.17) is 4.74 Å². The van der Waals surface area contributed by atoms with Gasteiger partial charge in [-0.1, -0.05) is 15.9 Å². The smallest absolute Gasteiger partial charge is 0.320 e. The van der Waals surface area contributed by atoms with E-state index in [1.807, 2.05) is 0 Å². The van der Waals surface area contributed by atoms with E-state index < -0.39 is 0 Å². The Labute approximate surface area is 106 Å². The highest BCUT2D eigenvalue weighted by Crippen LogP contribution is 2.19. The molecule has 4 nitrogen and oxygen atoms in total. The summed E-state index contributed by atoms with van der Waals surface area (Å²) in [5.74, 6) is -0.185. The minimum Gasteiger partial charge on any atom is -0.468 e. The number of likely N-dealkylation sites (tertiary alicyclic amines) is 1. The van der Waals surface area contributed by atoms with E-state index in [2.05, 4.69) is 39.8 Å². The Balaban J connectivity index is 2.43. The maximum absolute atomic E-state index is 11.3. The molecule has 1 aliphatic rings. The maximum Gasteiger partial charge on any atom is 0.320 e. The lowest BCUT2D eigenvalue weighted by molar-refractivity contribution is -0.140. The number of esters is 1. The highest BCUT2D eigenvalue weighted by molar-refractivity contribution is 9.10. The van der Waals surface area contributed by atoms with Crippen LogP contribution in [0.3, 0.4) is 0 Å². The molecule has 1 saturated heterocycles. The summed E-state index contributed by atoms with van der Waals surface area (Å²) in [5, 5.41) is 0. The molecule has 1 rings (SSSR count). The minimum atomic E-state index is -0.208. The van der Waals surface area contributed by atoms with Crippen LogP contribution in [0.1, 0.15) is 12.8 Å². The number of nitrogens with zero attached hydrogens (tertiary/aromatic N) is 2. The molecule has 2 atom stereocenters. The molecule has 0 aromatic heterocycles. The van der Waals surface area contributed by atoms with Crippen LogP contribution in [0.25, 0.3) is 0 Å². The van der Waals surface area contributed by atoms with E-state index >= 15 is 0 Å². The Hall–Kier alpha value is -0.130. The molecule has 0 aromatic rings. The first-order valence-corrected chi connectivity index (χ1v) is 6.57. The Morgan fingerprint density at radius 1 is 1.62 bits per heavy atom. The standard InChI is InChI=1S/C11H21BrN2O2/c1-13(2)7-9-5-4-6-14(9)8-10(12)11(15)16-3/h9-10H,4-8H2,1-3H3. The van der Waals surface area contributed by atoms with Crippen molar-refractivity contribution in [3.63, 3.8) is 0 Å². The van der Waals surface area contributed by atoms with Crippen LogP contribution in [0.15, 0.2) is 0 Å². The number of rotatable bonds is 5. The van der Waals surface area contributed by atoms with Gasteiger partial charge in [0.05, 0.1) is 7.11 Å². The molecule has 94 valence electrons. The van der Waals surface area contributed by atoms with Gasteiger partial charge in [-0.2, -0.15) is 0 Å². The zero-order chi connectivity index (χ0) is 12.1. The van der Waals surface area contributed by atoms with Crippen LogP contribution in [-0.2, 0) is 9.53 Å². The summed E-state index contributed by atoms with van der Waals surface area (Å²) in [6.45, 7) is 2.88. The largest absolute Gasteiger partial charge is 0.468 e. The Bertz CT molecular complexity index is 236. The van der Waals surface area contributed by atoms with E-state index in [1.54, 1.807) is 0 Å². The molecule has 0 amide bonds. The molecule has 1 aliphatic heterocycles. The molecule has 0 N–H and O–H groups in total. The molecule has 5 heteroatoms. The third kappa shape index (κ3) is 4.03. The van der Waals surface area contributed by atoms with E-state index in [0.717, 1.165) is 19.6 Å². The van der Waals surface area contributed by atoms with E-state index in [9.17, 15) is 4.79 Å². The van der Waals surface area contributed by atoms with Gasteiger partial charge in [-0.3, -0.25) is 9.69 Å². The number of hydrogen-bond acceptors (Lipinski definition) is 4. The second-order valence-electron chi connectivity index (χ2n) is 4.54. The Morgan fingerprint density at radius 2 is 2.31 bits per heavy atom. The average Bonchev–Trinajstić information content (AvgIpc) is 2.63. The normalized spacial score (nSPS) is 23.7. The molecular formula is C11H21BrN2O2. The number of likely N-dealkylation sites (N-methyl/N-ethyl adjacent to an activating group) is 1. The van der Waals surface area contributed by atoms with Gasteiger partial charge in [-0.15, -0.1) is 0 Å². The van der Waals surface area contributed by atoms with Crippen molar-refractivity contribution in [3.8, 4) is 0 Å². The molecular weight excluding hydrogens is 272 g/mol. The van der Waals surface area contributed by atoms with Gasteiger partial charge in [0.2, 0.25) is 0 Å². The lowest BCUT2D eigenvalue weighted by Gasteiger charge is -2.28. The van der Waals surface area contributed by atoms with Gasteiger partial charge in [0.15, 0.2) is 0 Å². The predicted octanol–water partition coefficient (Wildman–Crippen LogP) is 0.949.